The Morgan fingerprint density at radius 1 is 0.812 bits per heavy atom. The molecule has 1 aromatic carbocycles. The van der Waals surface area contributed by atoms with Gasteiger partial charge in [0.05, 0.1) is 0 Å². The van der Waals surface area contributed by atoms with Crippen molar-refractivity contribution in [1.82, 2.24) is 0 Å². The quantitative estimate of drug-likeness (QED) is 0.611. The lowest BCUT2D eigenvalue weighted by Crippen LogP contribution is -2.39. The summed E-state index contributed by atoms with van der Waals surface area (Å²) in [6.07, 6.45) is 14.0. The molecule has 1 aromatic rings. The van der Waals surface area contributed by atoms with Crippen LogP contribution in [0, 0.1) is 0 Å². The summed E-state index contributed by atoms with van der Waals surface area (Å²) in [4.78, 5) is 0. The van der Waals surface area contributed by atoms with Gasteiger partial charge < -0.3 is 0 Å². The molecule has 0 aromatic heterocycles. The van der Waals surface area contributed by atoms with Crippen molar-refractivity contribution in [2.45, 2.75) is 25.7 Å². The second-order valence-electron chi connectivity index (χ2n) is 4.91. The number of benzene rings is 1. The minimum Gasteiger partial charge on any atom is -0.0798 e. The van der Waals surface area contributed by atoms with Crippen molar-refractivity contribution in [2.24, 2.45) is 0 Å². The van der Waals surface area contributed by atoms with Crippen molar-refractivity contribution in [3.8, 4) is 0 Å². The van der Waals surface area contributed by atoms with E-state index in [1.807, 2.05) is 0 Å². The average Bonchev–Trinajstić information content (AvgIpc) is 2.36. The molecule has 0 saturated heterocycles. The van der Waals surface area contributed by atoms with E-state index in [9.17, 15) is 0 Å². The van der Waals surface area contributed by atoms with Gasteiger partial charge in [0.25, 0.3) is 0 Å². The van der Waals surface area contributed by atoms with Crippen LogP contribution in [0.2, 0.25) is 0 Å². The van der Waals surface area contributed by atoms with E-state index in [-0.39, 0.29) is 0 Å². The summed E-state index contributed by atoms with van der Waals surface area (Å²) in [6, 6.07) is 4.61. The fourth-order valence-electron chi connectivity index (χ4n) is 3.28. The largest absolute Gasteiger partial charge is 0.0798 e. The van der Waals surface area contributed by atoms with Crippen LogP contribution in [0.3, 0.4) is 0 Å². The zero-order valence-corrected chi connectivity index (χ0v) is 9.29. The smallest absolute Gasteiger partial charge is 0.00880 e. The lowest BCUT2D eigenvalue weighted by molar-refractivity contribution is 0.987. The van der Waals surface area contributed by atoms with Crippen molar-refractivity contribution in [3.63, 3.8) is 0 Å². The van der Waals surface area contributed by atoms with E-state index in [1.165, 1.54) is 30.4 Å². The summed E-state index contributed by atoms with van der Waals surface area (Å²) < 4.78 is 0. The van der Waals surface area contributed by atoms with Crippen molar-refractivity contribution < 1.29 is 0 Å². The molecule has 0 amide bonds. The van der Waals surface area contributed by atoms with Gasteiger partial charge in [0.1, 0.15) is 0 Å². The monoisotopic (exact) mass is 206 g/mol. The Kier molecular flexibility index (Phi) is 1.59. The third-order valence-corrected chi connectivity index (χ3v) is 4.01. The zero-order valence-electron chi connectivity index (χ0n) is 9.29. The molecule has 3 aliphatic rings. The van der Waals surface area contributed by atoms with Gasteiger partial charge in [-0.05, 0) is 52.8 Å². The molecular weight excluding hydrogens is 192 g/mol. The van der Waals surface area contributed by atoms with Crippen molar-refractivity contribution in [1.29, 1.82) is 0 Å². The summed E-state index contributed by atoms with van der Waals surface area (Å²) >= 11 is 0. The van der Waals surface area contributed by atoms with Crippen LogP contribution in [0.15, 0.2) is 30.4 Å². The molecule has 0 heteroatoms. The van der Waals surface area contributed by atoms with Crippen molar-refractivity contribution in [2.75, 3.05) is 0 Å². The molecule has 16 heavy (non-hydrogen) atoms. The molecule has 0 saturated carbocycles. The van der Waals surface area contributed by atoms with Gasteiger partial charge in [0.2, 0.25) is 0 Å². The molecule has 0 heterocycles. The highest BCUT2D eigenvalue weighted by molar-refractivity contribution is 5.73. The Hall–Kier alpha value is -1.56. The molecule has 0 spiro atoms. The lowest BCUT2D eigenvalue weighted by atomic mass is 9.83. The zero-order chi connectivity index (χ0) is 10.5. The second kappa shape index (κ2) is 2.98. The Bertz CT molecular complexity index is 654. The Morgan fingerprint density at radius 2 is 1.75 bits per heavy atom. The molecule has 0 bridgehead atoms. The number of hydrogen-bond donors (Lipinski definition) is 0. The SMILES string of the molecule is C1=Cc2ccc3c4c2=C(C1)CCC=4C=CC3. The van der Waals surface area contributed by atoms with Crippen LogP contribution in [-0.4, -0.2) is 0 Å². The first-order chi connectivity index (χ1) is 7.93. The van der Waals surface area contributed by atoms with Crippen LogP contribution < -0.4 is 10.4 Å². The summed E-state index contributed by atoms with van der Waals surface area (Å²) in [7, 11) is 0. The average molecular weight is 206 g/mol. The van der Waals surface area contributed by atoms with Gasteiger partial charge in [-0.25, -0.2) is 0 Å². The molecule has 0 N–H and O–H groups in total. The Balaban J connectivity index is 2.31. The predicted molar refractivity (Wildman–Crippen MR) is 68.2 cm³/mol. The van der Waals surface area contributed by atoms with E-state index in [0.717, 1.165) is 6.42 Å². The van der Waals surface area contributed by atoms with E-state index in [1.54, 1.807) is 21.6 Å². The lowest BCUT2D eigenvalue weighted by Gasteiger charge is -2.22. The fourth-order valence-corrected chi connectivity index (χ4v) is 3.28. The maximum atomic E-state index is 2.34. The van der Waals surface area contributed by atoms with E-state index in [4.69, 9.17) is 0 Å². The molecule has 0 fully saturated rings. The maximum absolute atomic E-state index is 2.34. The van der Waals surface area contributed by atoms with Gasteiger partial charge >= 0.3 is 0 Å². The van der Waals surface area contributed by atoms with Gasteiger partial charge in [-0.15, -0.1) is 0 Å². The van der Waals surface area contributed by atoms with Gasteiger partial charge in [0, 0.05) is 0 Å². The molecule has 78 valence electrons. The summed E-state index contributed by atoms with van der Waals surface area (Å²) in [5, 5.41) is 3.15. The number of hydrogen-bond acceptors (Lipinski definition) is 0. The molecule has 0 aliphatic heterocycles. The third-order valence-electron chi connectivity index (χ3n) is 4.01. The minimum atomic E-state index is 1.11. The van der Waals surface area contributed by atoms with Gasteiger partial charge in [-0.2, -0.15) is 0 Å². The van der Waals surface area contributed by atoms with E-state index >= 15 is 0 Å². The van der Waals surface area contributed by atoms with Crippen LogP contribution in [0.1, 0.15) is 30.4 Å². The van der Waals surface area contributed by atoms with Crippen LogP contribution in [-0.2, 0) is 6.42 Å². The summed E-state index contributed by atoms with van der Waals surface area (Å²) in [6.45, 7) is 0. The van der Waals surface area contributed by atoms with Gasteiger partial charge in [0.15, 0.2) is 0 Å². The Labute approximate surface area is 95.3 Å². The highest BCUT2D eigenvalue weighted by atomic mass is 14.2. The molecular formula is C16H14. The standard InChI is InChI=1S/C16H14/c1-3-11-7-9-13-5-2-6-14-10-8-12(4-1)15(11)16(13)14/h1-3,6-7,9H,4-5,8,10H2. The van der Waals surface area contributed by atoms with E-state index < -0.39 is 0 Å². The number of rotatable bonds is 0. The third kappa shape index (κ3) is 0.996. The number of allylic oxidation sites excluding steroid dienone is 3. The highest BCUT2D eigenvalue weighted by Gasteiger charge is 2.16. The molecule has 0 radical (unpaired) electrons. The summed E-state index contributed by atoms with van der Waals surface area (Å²) in [5.41, 5.74) is 6.20. The normalized spacial score (nSPS) is 20.0. The Morgan fingerprint density at radius 3 is 2.75 bits per heavy atom. The first-order valence-corrected chi connectivity index (χ1v) is 6.14. The van der Waals surface area contributed by atoms with E-state index in [0.29, 0.717) is 0 Å². The second-order valence-corrected chi connectivity index (χ2v) is 4.91. The van der Waals surface area contributed by atoms with Crippen molar-refractivity contribution in [3.05, 3.63) is 51.9 Å². The van der Waals surface area contributed by atoms with Crippen molar-refractivity contribution >= 4 is 17.2 Å². The minimum absolute atomic E-state index is 1.11. The predicted octanol–water partition coefficient (Wildman–Crippen LogP) is 2.31. The maximum Gasteiger partial charge on any atom is -0.00880 e. The molecule has 4 rings (SSSR count). The fraction of sp³-hybridized carbons (Fsp3) is 0.250. The van der Waals surface area contributed by atoms with Crippen LogP contribution in [0.5, 0.6) is 0 Å². The highest BCUT2D eigenvalue weighted by Crippen LogP contribution is 2.24. The molecule has 0 atom stereocenters. The molecule has 0 unspecified atom stereocenters. The summed E-state index contributed by atoms with van der Waals surface area (Å²) in [5.74, 6) is 0. The van der Waals surface area contributed by atoms with E-state index in [2.05, 4.69) is 36.4 Å². The van der Waals surface area contributed by atoms with Crippen LogP contribution in [0.4, 0.5) is 0 Å². The molecule has 3 aliphatic carbocycles. The first-order valence-electron chi connectivity index (χ1n) is 6.14. The van der Waals surface area contributed by atoms with Gasteiger partial charge in [-0.3, -0.25) is 0 Å². The van der Waals surface area contributed by atoms with Gasteiger partial charge in [-0.1, -0.05) is 42.0 Å². The molecule has 0 nitrogen and oxygen atoms in total. The van der Waals surface area contributed by atoms with Crippen LogP contribution >= 0.6 is 0 Å². The first kappa shape index (κ1) is 8.58. The topological polar surface area (TPSA) is 0 Å². The van der Waals surface area contributed by atoms with Crippen LogP contribution in [0.25, 0.3) is 17.2 Å².